The summed E-state index contributed by atoms with van der Waals surface area (Å²) in [5.74, 6) is 0.840. The molecule has 0 atom stereocenters. The van der Waals surface area contributed by atoms with E-state index in [1.165, 1.54) is 0 Å². The fourth-order valence-electron chi connectivity index (χ4n) is 0.953. The summed E-state index contributed by atoms with van der Waals surface area (Å²) in [6, 6.07) is 5.55. The van der Waals surface area contributed by atoms with Crippen LogP contribution < -0.4 is 4.74 Å². The Morgan fingerprint density at radius 2 is 2.40 bits per heavy atom. The number of rotatable bonds is 0. The maximum absolute atomic E-state index is 5.72. The average molecular weight is 153 g/mol. The zero-order chi connectivity index (χ0) is 6.97. The molecule has 0 saturated carbocycles. The van der Waals surface area contributed by atoms with Crippen LogP contribution in [0.2, 0.25) is 5.02 Å². The Morgan fingerprint density at radius 1 is 1.50 bits per heavy atom. The second kappa shape index (κ2) is 2.17. The van der Waals surface area contributed by atoms with E-state index in [1.807, 2.05) is 12.1 Å². The summed E-state index contributed by atoms with van der Waals surface area (Å²) in [4.78, 5) is 0. The molecule has 50 valence electrons. The Kier molecular flexibility index (Phi) is 1.31. The van der Waals surface area contributed by atoms with Crippen molar-refractivity contribution in [3.63, 3.8) is 0 Å². The molecule has 2 rings (SSSR count). The predicted molar refractivity (Wildman–Crippen MR) is 39.3 cm³/mol. The van der Waals surface area contributed by atoms with Crippen LogP contribution in [0.4, 0.5) is 0 Å². The molecule has 0 bridgehead atoms. The van der Waals surface area contributed by atoms with Crippen LogP contribution in [0.15, 0.2) is 18.2 Å². The van der Waals surface area contributed by atoms with Gasteiger partial charge in [0.15, 0.2) is 0 Å². The van der Waals surface area contributed by atoms with Gasteiger partial charge in [0, 0.05) is 10.6 Å². The molecule has 10 heavy (non-hydrogen) atoms. The Balaban J connectivity index is 2.52. The monoisotopic (exact) mass is 152 g/mol. The van der Waals surface area contributed by atoms with Crippen molar-refractivity contribution in [3.8, 4) is 5.75 Å². The van der Waals surface area contributed by atoms with Crippen molar-refractivity contribution < 1.29 is 4.74 Å². The molecule has 1 aromatic rings. The first kappa shape index (κ1) is 6.05. The lowest BCUT2D eigenvalue weighted by Gasteiger charge is -1.96. The maximum atomic E-state index is 5.72. The second-order valence-electron chi connectivity index (χ2n) is 2.11. The third-order valence-corrected chi connectivity index (χ3v) is 1.67. The summed E-state index contributed by atoms with van der Waals surface area (Å²) >= 11 is 5.72. The molecule has 1 heterocycles. The molecule has 0 unspecified atom stereocenters. The number of fused-ring (bicyclic) bond motifs is 1. The minimum atomic E-state index is 0.551. The number of hydrogen-bond donors (Lipinski definition) is 0. The van der Waals surface area contributed by atoms with Crippen LogP contribution in [0.5, 0.6) is 5.75 Å². The lowest BCUT2D eigenvalue weighted by atomic mass is 10.2. The van der Waals surface area contributed by atoms with Gasteiger partial charge in [-0.25, -0.2) is 0 Å². The molecule has 0 aromatic heterocycles. The fourth-order valence-corrected chi connectivity index (χ4v) is 1.12. The van der Waals surface area contributed by atoms with Crippen molar-refractivity contribution in [2.24, 2.45) is 0 Å². The minimum absolute atomic E-state index is 0.551. The highest BCUT2D eigenvalue weighted by atomic mass is 35.5. The van der Waals surface area contributed by atoms with Gasteiger partial charge in [0.05, 0.1) is 6.42 Å². The van der Waals surface area contributed by atoms with Crippen molar-refractivity contribution in [2.45, 2.75) is 0 Å². The smallest absolute Gasteiger partial charge is 0.124 e. The molecule has 0 spiro atoms. The van der Waals surface area contributed by atoms with E-state index in [9.17, 15) is 0 Å². The van der Waals surface area contributed by atoms with Crippen LogP contribution in [-0.2, 0) is 0 Å². The molecule has 2 heteroatoms. The standard InChI is InChI=1S/C8H5ClO/c9-7-2-1-6-3-4-10-8(6)5-7/h1-2,5H,4H2. The molecule has 1 aliphatic heterocycles. The zero-order valence-corrected chi connectivity index (χ0v) is 5.98. The van der Waals surface area contributed by atoms with Gasteiger partial charge >= 0.3 is 0 Å². The van der Waals surface area contributed by atoms with Crippen molar-refractivity contribution in [2.75, 3.05) is 6.61 Å². The summed E-state index contributed by atoms with van der Waals surface area (Å²) in [6.07, 6.45) is 3.05. The Morgan fingerprint density at radius 3 is 3.30 bits per heavy atom. The predicted octanol–water partition coefficient (Wildman–Crippen LogP) is 2.16. The molecule has 0 amide bonds. The van der Waals surface area contributed by atoms with Gasteiger partial charge in [0.1, 0.15) is 12.4 Å². The van der Waals surface area contributed by atoms with Gasteiger partial charge in [-0.2, -0.15) is 0 Å². The van der Waals surface area contributed by atoms with Gasteiger partial charge in [0.2, 0.25) is 0 Å². The number of benzene rings is 1. The van der Waals surface area contributed by atoms with E-state index in [0.29, 0.717) is 11.6 Å². The lowest BCUT2D eigenvalue weighted by molar-refractivity contribution is 0.377. The third kappa shape index (κ3) is 0.868. The first-order valence-electron chi connectivity index (χ1n) is 3.02. The van der Waals surface area contributed by atoms with Gasteiger partial charge in [-0.1, -0.05) is 17.7 Å². The van der Waals surface area contributed by atoms with E-state index in [2.05, 4.69) is 6.42 Å². The molecule has 0 N–H and O–H groups in total. The highest BCUT2D eigenvalue weighted by Gasteiger charge is 2.11. The number of hydrogen-bond acceptors (Lipinski definition) is 1. The Labute approximate surface area is 64.6 Å². The van der Waals surface area contributed by atoms with Gasteiger partial charge in [-0.3, -0.25) is 0 Å². The van der Waals surface area contributed by atoms with Crippen molar-refractivity contribution in [3.05, 3.63) is 35.2 Å². The van der Waals surface area contributed by atoms with Gasteiger partial charge < -0.3 is 4.74 Å². The van der Waals surface area contributed by atoms with Crippen LogP contribution in [0, 0.1) is 6.42 Å². The summed E-state index contributed by atoms with van der Waals surface area (Å²) in [6.45, 7) is 0.551. The summed E-state index contributed by atoms with van der Waals surface area (Å²) in [5.41, 5.74) is 1.02. The maximum Gasteiger partial charge on any atom is 0.124 e. The van der Waals surface area contributed by atoms with Crippen LogP contribution in [-0.4, -0.2) is 6.61 Å². The summed E-state index contributed by atoms with van der Waals surface area (Å²) in [5, 5.41) is 0.711. The molecule has 2 radical (unpaired) electrons. The Hall–Kier alpha value is -0.690. The first-order valence-corrected chi connectivity index (χ1v) is 3.40. The van der Waals surface area contributed by atoms with E-state index in [-0.39, 0.29) is 0 Å². The van der Waals surface area contributed by atoms with Crippen LogP contribution >= 0.6 is 11.6 Å². The van der Waals surface area contributed by atoms with Crippen molar-refractivity contribution in [1.82, 2.24) is 0 Å². The van der Waals surface area contributed by atoms with Gasteiger partial charge in [0.25, 0.3) is 0 Å². The van der Waals surface area contributed by atoms with Crippen LogP contribution in [0.3, 0.4) is 0 Å². The van der Waals surface area contributed by atoms with E-state index >= 15 is 0 Å². The molecule has 0 aliphatic carbocycles. The van der Waals surface area contributed by atoms with Crippen molar-refractivity contribution in [1.29, 1.82) is 0 Å². The zero-order valence-electron chi connectivity index (χ0n) is 5.23. The highest BCUT2D eigenvalue weighted by Crippen LogP contribution is 2.28. The molecular formula is C8H5ClO. The lowest BCUT2D eigenvalue weighted by Crippen LogP contribution is -1.84. The first-order chi connectivity index (χ1) is 4.86. The molecule has 1 aliphatic rings. The molecule has 1 aromatic carbocycles. The number of halogens is 1. The molecule has 1 nitrogen and oxygen atoms in total. The summed E-state index contributed by atoms with van der Waals surface area (Å²) < 4.78 is 5.18. The molecular weight excluding hydrogens is 148 g/mol. The SMILES string of the molecule is Clc1ccc2c(c1)OC[C]2. The fraction of sp³-hybridized carbons (Fsp3) is 0.125. The summed E-state index contributed by atoms with van der Waals surface area (Å²) in [7, 11) is 0. The Bertz CT molecular complexity index is 257. The van der Waals surface area contributed by atoms with Crippen LogP contribution in [0.25, 0.3) is 0 Å². The normalized spacial score (nSPS) is 14.5. The van der Waals surface area contributed by atoms with Gasteiger partial charge in [-0.05, 0) is 12.1 Å². The number of ether oxygens (including phenoxy) is 1. The minimum Gasteiger partial charge on any atom is -0.492 e. The third-order valence-electron chi connectivity index (χ3n) is 1.43. The van der Waals surface area contributed by atoms with Crippen LogP contribution in [0.1, 0.15) is 5.56 Å². The van der Waals surface area contributed by atoms with E-state index in [1.54, 1.807) is 6.07 Å². The largest absolute Gasteiger partial charge is 0.492 e. The molecule has 0 fully saturated rings. The average Bonchev–Trinajstić information content (AvgIpc) is 2.33. The second-order valence-corrected chi connectivity index (χ2v) is 2.54. The molecule has 0 saturated heterocycles. The van der Waals surface area contributed by atoms with Crippen molar-refractivity contribution >= 4 is 11.6 Å². The van der Waals surface area contributed by atoms with E-state index < -0.39 is 0 Å². The van der Waals surface area contributed by atoms with E-state index in [4.69, 9.17) is 16.3 Å². The highest BCUT2D eigenvalue weighted by molar-refractivity contribution is 6.30. The van der Waals surface area contributed by atoms with Gasteiger partial charge in [-0.15, -0.1) is 0 Å². The topological polar surface area (TPSA) is 9.23 Å². The van der Waals surface area contributed by atoms with E-state index in [0.717, 1.165) is 11.3 Å². The quantitative estimate of drug-likeness (QED) is 0.554.